The van der Waals surface area contributed by atoms with Crippen LogP contribution >= 0.6 is 0 Å². The Morgan fingerprint density at radius 1 is 0.933 bits per heavy atom. The molecule has 0 aromatic heterocycles. The molecule has 0 saturated heterocycles. The van der Waals surface area contributed by atoms with Gasteiger partial charge in [0.05, 0.1) is 32.4 Å². The van der Waals surface area contributed by atoms with E-state index in [0.29, 0.717) is 42.6 Å². The van der Waals surface area contributed by atoms with Gasteiger partial charge in [0.1, 0.15) is 5.75 Å². The fourth-order valence-corrected chi connectivity index (χ4v) is 2.72. The molecule has 7 nitrogen and oxygen atoms in total. The van der Waals surface area contributed by atoms with Crippen molar-refractivity contribution in [3.63, 3.8) is 0 Å². The van der Waals surface area contributed by atoms with Crippen LogP contribution in [0.5, 0.6) is 17.2 Å². The van der Waals surface area contributed by atoms with Crippen molar-refractivity contribution in [3.8, 4) is 17.2 Å². The van der Waals surface area contributed by atoms with Crippen LogP contribution in [-0.4, -0.2) is 38.7 Å². The Morgan fingerprint density at radius 3 is 2.47 bits per heavy atom. The van der Waals surface area contributed by atoms with Crippen molar-refractivity contribution in [2.75, 3.05) is 26.9 Å². The van der Waals surface area contributed by atoms with Gasteiger partial charge in [-0.15, -0.1) is 0 Å². The zero-order valence-corrected chi connectivity index (χ0v) is 17.8. The predicted molar refractivity (Wildman–Crippen MR) is 115 cm³/mol. The average Bonchev–Trinajstić information content (AvgIpc) is 2.77. The van der Waals surface area contributed by atoms with Crippen LogP contribution < -0.4 is 24.8 Å². The quantitative estimate of drug-likeness (QED) is 0.521. The van der Waals surface area contributed by atoms with E-state index in [1.54, 1.807) is 31.4 Å². The Hall–Kier alpha value is -3.22. The first-order valence-corrected chi connectivity index (χ1v) is 10.2. The number of amides is 2. The molecule has 2 rings (SSSR count). The van der Waals surface area contributed by atoms with Gasteiger partial charge < -0.3 is 24.8 Å². The lowest BCUT2D eigenvalue weighted by Gasteiger charge is -2.13. The minimum absolute atomic E-state index is 0.130. The molecule has 0 heterocycles. The molecule has 2 aromatic rings. The summed E-state index contributed by atoms with van der Waals surface area (Å²) < 4.78 is 16.5. The third-order valence-corrected chi connectivity index (χ3v) is 4.31. The molecule has 0 radical (unpaired) electrons. The monoisotopic (exact) mass is 414 g/mol. The average molecular weight is 415 g/mol. The van der Waals surface area contributed by atoms with Crippen LogP contribution in [0.1, 0.15) is 42.6 Å². The molecule has 0 aliphatic heterocycles. The van der Waals surface area contributed by atoms with E-state index in [4.69, 9.17) is 14.2 Å². The highest BCUT2D eigenvalue weighted by Gasteiger charge is 2.13. The van der Waals surface area contributed by atoms with Crippen molar-refractivity contribution in [3.05, 3.63) is 53.6 Å². The molecule has 2 amide bonds. The van der Waals surface area contributed by atoms with E-state index in [0.717, 1.165) is 18.4 Å². The lowest BCUT2D eigenvalue weighted by atomic mass is 10.2. The number of nitrogens with one attached hydrogen (secondary N) is 2. The van der Waals surface area contributed by atoms with E-state index < -0.39 is 0 Å². The molecule has 0 atom stereocenters. The predicted octanol–water partition coefficient (Wildman–Crippen LogP) is 3.32. The number of ether oxygens (including phenoxy) is 3. The molecule has 0 bridgehead atoms. The van der Waals surface area contributed by atoms with Crippen LogP contribution in [0.4, 0.5) is 0 Å². The van der Waals surface area contributed by atoms with E-state index in [-0.39, 0.29) is 18.4 Å². The second kappa shape index (κ2) is 12.4. The summed E-state index contributed by atoms with van der Waals surface area (Å²) in [5, 5.41) is 5.41. The van der Waals surface area contributed by atoms with Gasteiger partial charge in [0.15, 0.2) is 11.5 Å². The van der Waals surface area contributed by atoms with Crippen LogP contribution in [0.15, 0.2) is 42.5 Å². The summed E-state index contributed by atoms with van der Waals surface area (Å²) in [5.41, 5.74) is 1.27. The van der Waals surface area contributed by atoms with Crippen LogP contribution in [-0.2, 0) is 11.3 Å². The van der Waals surface area contributed by atoms with Gasteiger partial charge in [0.2, 0.25) is 5.91 Å². The zero-order valence-electron chi connectivity index (χ0n) is 17.8. The summed E-state index contributed by atoms with van der Waals surface area (Å²) in [6, 6.07) is 12.5. The van der Waals surface area contributed by atoms with Crippen LogP contribution in [0.2, 0.25) is 0 Å². The summed E-state index contributed by atoms with van der Waals surface area (Å²) in [7, 11) is 1.58. The molecule has 30 heavy (non-hydrogen) atoms. The van der Waals surface area contributed by atoms with Crippen molar-refractivity contribution in [2.45, 2.75) is 33.2 Å². The van der Waals surface area contributed by atoms with Gasteiger partial charge >= 0.3 is 0 Å². The number of carbonyl (C=O) groups is 2. The molecule has 0 fully saturated rings. The van der Waals surface area contributed by atoms with E-state index in [1.807, 2.05) is 25.1 Å². The molecular formula is C23H30N2O5. The number of methoxy groups -OCH3 is 1. The van der Waals surface area contributed by atoms with Gasteiger partial charge in [-0.05, 0) is 43.2 Å². The molecule has 0 aliphatic rings. The van der Waals surface area contributed by atoms with Crippen molar-refractivity contribution in [1.29, 1.82) is 0 Å². The lowest BCUT2D eigenvalue weighted by Crippen LogP contribution is -2.36. The summed E-state index contributed by atoms with van der Waals surface area (Å²) >= 11 is 0. The summed E-state index contributed by atoms with van der Waals surface area (Å²) in [6.45, 7) is 5.23. The second-order valence-corrected chi connectivity index (χ2v) is 6.58. The number of unbranched alkanes of at least 4 members (excludes halogenated alkanes) is 1. The van der Waals surface area contributed by atoms with Crippen molar-refractivity contribution >= 4 is 11.8 Å². The molecule has 0 spiro atoms. The van der Waals surface area contributed by atoms with Crippen LogP contribution in [0, 0.1) is 0 Å². The summed E-state index contributed by atoms with van der Waals surface area (Å²) in [4.78, 5) is 24.5. The first kappa shape index (κ1) is 23.1. The molecular weight excluding hydrogens is 384 g/mol. The van der Waals surface area contributed by atoms with Crippen molar-refractivity contribution in [1.82, 2.24) is 10.6 Å². The smallest absolute Gasteiger partial charge is 0.255 e. The number of hydrogen-bond acceptors (Lipinski definition) is 5. The third kappa shape index (κ3) is 6.99. The highest BCUT2D eigenvalue weighted by molar-refractivity contribution is 5.98. The molecule has 2 aromatic carbocycles. The largest absolute Gasteiger partial charge is 0.493 e. The topological polar surface area (TPSA) is 85.9 Å². The molecule has 0 saturated carbocycles. The molecule has 0 unspecified atom stereocenters. The van der Waals surface area contributed by atoms with E-state index in [2.05, 4.69) is 17.6 Å². The molecule has 162 valence electrons. The fourth-order valence-electron chi connectivity index (χ4n) is 2.72. The van der Waals surface area contributed by atoms with Crippen molar-refractivity contribution in [2.24, 2.45) is 0 Å². The number of benzene rings is 2. The van der Waals surface area contributed by atoms with Gasteiger partial charge in [0, 0.05) is 6.54 Å². The second-order valence-electron chi connectivity index (χ2n) is 6.58. The molecule has 2 N–H and O–H groups in total. The normalized spacial score (nSPS) is 10.2. The van der Waals surface area contributed by atoms with E-state index >= 15 is 0 Å². The Labute approximate surface area is 177 Å². The number of hydrogen-bond donors (Lipinski definition) is 2. The van der Waals surface area contributed by atoms with Gasteiger partial charge in [-0.25, -0.2) is 0 Å². The van der Waals surface area contributed by atoms with E-state index in [9.17, 15) is 9.59 Å². The van der Waals surface area contributed by atoms with Gasteiger partial charge in [-0.1, -0.05) is 31.5 Å². The van der Waals surface area contributed by atoms with Crippen LogP contribution in [0.3, 0.4) is 0 Å². The first-order valence-electron chi connectivity index (χ1n) is 10.2. The number of para-hydroxylation sites is 1. The Morgan fingerprint density at radius 2 is 1.73 bits per heavy atom. The highest BCUT2D eigenvalue weighted by Crippen LogP contribution is 2.28. The summed E-state index contributed by atoms with van der Waals surface area (Å²) in [6.07, 6.45) is 2.03. The minimum atomic E-state index is -0.357. The minimum Gasteiger partial charge on any atom is -0.493 e. The van der Waals surface area contributed by atoms with Gasteiger partial charge in [-0.2, -0.15) is 0 Å². The Kier molecular flexibility index (Phi) is 9.51. The SMILES string of the molecule is CCCCOc1ccc(CNC(=O)CNC(=O)c2ccccc2OCC)cc1OC. The molecule has 7 heteroatoms. The Balaban J connectivity index is 1.85. The van der Waals surface area contributed by atoms with Gasteiger partial charge in [0.25, 0.3) is 5.91 Å². The highest BCUT2D eigenvalue weighted by atomic mass is 16.5. The first-order chi connectivity index (χ1) is 14.6. The standard InChI is InChI=1S/C23H30N2O5/c1-4-6-13-30-20-12-11-17(14-21(20)28-3)15-24-22(26)16-25-23(27)18-9-7-8-10-19(18)29-5-2/h7-12,14H,4-6,13,15-16H2,1-3H3,(H,24,26)(H,25,27). The maximum Gasteiger partial charge on any atom is 0.255 e. The number of carbonyl (C=O) groups excluding carboxylic acids is 2. The third-order valence-electron chi connectivity index (χ3n) is 4.31. The fraction of sp³-hybridized carbons (Fsp3) is 0.391. The van der Waals surface area contributed by atoms with Gasteiger partial charge in [-0.3, -0.25) is 9.59 Å². The maximum absolute atomic E-state index is 12.3. The lowest BCUT2D eigenvalue weighted by molar-refractivity contribution is -0.120. The zero-order chi connectivity index (χ0) is 21.8. The van der Waals surface area contributed by atoms with Crippen molar-refractivity contribution < 1.29 is 23.8 Å². The molecule has 0 aliphatic carbocycles. The number of rotatable bonds is 12. The van der Waals surface area contributed by atoms with Crippen LogP contribution in [0.25, 0.3) is 0 Å². The Bertz CT molecular complexity index is 838. The van der Waals surface area contributed by atoms with E-state index in [1.165, 1.54) is 0 Å². The maximum atomic E-state index is 12.3. The summed E-state index contributed by atoms with van der Waals surface area (Å²) in [5.74, 6) is 1.15.